The summed E-state index contributed by atoms with van der Waals surface area (Å²) in [6.45, 7) is 6.36. The normalized spacial score (nSPS) is 13.5. The van der Waals surface area contributed by atoms with Gasteiger partial charge in [-0.3, -0.25) is 13.9 Å². The van der Waals surface area contributed by atoms with Crippen LogP contribution in [0.3, 0.4) is 0 Å². The van der Waals surface area contributed by atoms with Gasteiger partial charge >= 0.3 is 0 Å². The highest BCUT2D eigenvalue weighted by Crippen LogP contribution is 2.35. The number of benzene rings is 2. The SMILES string of the molecule is CCCCNC(=O)C(C)N(CCc1ccccc1)C(=O)CN(c1ccc2c(c1)OCCO2)S(=O)(=O)CC. The number of sulfonamides is 1. The van der Waals surface area contributed by atoms with Gasteiger partial charge in [-0.1, -0.05) is 43.7 Å². The smallest absolute Gasteiger partial charge is 0.244 e. The van der Waals surface area contributed by atoms with Crippen LogP contribution in [0.15, 0.2) is 48.5 Å². The molecular weight excluding hydrogens is 494 g/mol. The minimum absolute atomic E-state index is 0.189. The Hall–Kier alpha value is -3.27. The van der Waals surface area contributed by atoms with Gasteiger partial charge in [0.1, 0.15) is 25.8 Å². The summed E-state index contributed by atoms with van der Waals surface area (Å²) < 4.78 is 38.4. The van der Waals surface area contributed by atoms with Crippen molar-refractivity contribution in [2.45, 2.75) is 46.1 Å². The van der Waals surface area contributed by atoms with Gasteiger partial charge in [0, 0.05) is 19.2 Å². The number of anilines is 1. The van der Waals surface area contributed by atoms with E-state index >= 15 is 0 Å². The van der Waals surface area contributed by atoms with E-state index < -0.39 is 28.5 Å². The Labute approximate surface area is 219 Å². The second-order valence-corrected chi connectivity index (χ2v) is 11.1. The predicted molar refractivity (Wildman–Crippen MR) is 143 cm³/mol. The zero-order chi connectivity index (χ0) is 26.8. The minimum Gasteiger partial charge on any atom is -0.486 e. The van der Waals surface area contributed by atoms with Crippen molar-refractivity contribution >= 4 is 27.5 Å². The number of rotatable bonds is 13. The summed E-state index contributed by atoms with van der Waals surface area (Å²) in [6, 6.07) is 13.7. The summed E-state index contributed by atoms with van der Waals surface area (Å²) in [5, 5.41) is 2.88. The molecule has 37 heavy (non-hydrogen) atoms. The molecule has 2 aromatic carbocycles. The van der Waals surface area contributed by atoms with Gasteiger partial charge in [0.05, 0.1) is 11.4 Å². The molecule has 0 bridgehead atoms. The first-order chi connectivity index (χ1) is 17.8. The van der Waals surface area contributed by atoms with Crippen molar-refractivity contribution in [3.63, 3.8) is 0 Å². The van der Waals surface area contributed by atoms with Gasteiger partial charge in [-0.05, 0) is 44.4 Å². The van der Waals surface area contributed by atoms with Gasteiger partial charge in [0.25, 0.3) is 0 Å². The van der Waals surface area contributed by atoms with Crippen LogP contribution in [0.25, 0.3) is 0 Å². The lowest BCUT2D eigenvalue weighted by molar-refractivity contribution is -0.138. The van der Waals surface area contributed by atoms with Crippen LogP contribution in [0.5, 0.6) is 11.5 Å². The fourth-order valence-corrected chi connectivity index (χ4v) is 5.07. The first-order valence-corrected chi connectivity index (χ1v) is 14.4. The molecule has 1 N–H and O–H groups in total. The van der Waals surface area contributed by atoms with Crippen molar-refractivity contribution < 1.29 is 27.5 Å². The zero-order valence-electron chi connectivity index (χ0n) is 21.8. The lowest BCUT2D eigenvalue weighted by atomic mass is 10.1. The third kappa shape index (κ3) is 7.61. The number of carbonyl (C=O) groups is 2. The number of carbonyl (C=O) groups excluding carboxylic acids is 2. The predicted octanol–water partition coefficient (Wildman–Crippen LogP) is 2.99. The Balaban J connectivity index is 1.86. The molecule has 1 atom stereocenters. The molecule has 2 amide bonds. The van der Waals surface area contributed by atoms with Crippen molar-refractivity contribution in [1.29, 1.82) is 0 Å². The molecule has 3 rings (SSSR count). The largest absolute Gasteiger partial charge is 0.486 e. The first-order valence-electron chi connectivity index (χ1n) is 12.8. The molecule has 0 aromatic heterocycles. The number of nitrogens with one attached hydrogen (secondary N) is 1. The highest BCUT2D eigenvalue weighted by Gasteiger charge is 2.31. The van der Waals surface area contributed by atoms with Crippen molar-refractivity contribution in [3.8, 4) is 11.5 Å². The quantitative estimate of drug-likeness (QED) is 0.399. The second-order valence-electron chi connectivity index (χ2n) is 8.88. The average molecular weight is 532 g/mol. The van der Waals surface area contributed by atoms with Crippen molar-refractivity contribution in [3.05, 3.63) is 54.1 Å². The van der Waals surface area contributed by atoms with E-state index in [1.54, 1.807) is 25.1 Å². The fraction of sp³-hybridized carbons (Fsp3) is 0.481. The molecule has 9 nitrogen and oxygen atoms in total. The molecule has 1 heterocycles. The number of nitrogens with zero attached hydrogens (tertiary/aromatic N) is 2. The fourth-order valence-electron chi connectivity index (χ4n) is 4.01. The Bertz CT molecular complexity index is 1160. The lowest BCUT2D eigenvalue weighted by Crippen LogP contribution is -2.52. The van der Waals surface area contributed by atoms with Crippen molar-refractivity contribution in [2.24, 2.45) is 0 Å². The Kier molecular flexibility index (Phi) is 10.2. The first kappa shape index (κ1) is 28.3. The van der Waals surface area contributed by atoms with Gasteiger partial charge in [-0.25, -0.2) is 8.42 Å². The van der Waals surface area contributed by atoms with Crippen LogP contribution in [0.2, 0.25) is 0 Å². The van der Waals surface area contributed by atoms with E-state index in [1.165, 1.54) is 11.8 Å². The summed E-state index contributed by atoms with van der Waals surface area (Å²) in [5.41, 5.74) is 1.33. The highest BCUT2D eigenvalue weighted by molar-refractivity contribution is 7.92. The van der Waals surface area contributed by atoms with Crippen molar-refractivity contribution in [2.75, 3.05) is 42.9 Å². The topological polar surface area (TPSA) is 105 Å². The molecule has 2 aromatic rings. The second kappa shape index (κ2) is 13.3. The number of hydrogen-bond acceptors (Lipinski definition) is 6. The number of amides is 2. The van der Waals surface area contributed by atoms with Crippen LogP contribution < -0.4 is 19.1 Å². The highest BCUT2D eigenvalue weighted by atomic mass is 32.2. The minimum atomic E-state index is -3.81. The van der Waals surface area contributed by atoms with Crippen LogP contribution in [0.1, 0.15) is 39.2 Å². The summed E-state index contributed by atoms with van der Waals surface area (Å²) in [4.78, 5) is 28.0. The molecule has 10 heteroatoms. The molecule has 1 unspecified atom stereocenters. The van der Waals surface area contributed by atoms with E-state index in [2.05, 4.69) is 5.32 Å². The molecule has 0 aliphatic carbocycles. The summed E-state index contributed by atoms with van der Waals surface area (Å²) in [5.74, 6) is 0.0421. The maximum Gasteiger partial charge on any atom is 0.244 e. The van der Waals surface area contributed by atoms with Gasteiger partial charge in [-0.2, -0.15) is 0 Å². The Morgan fingerprint density at radius 1 is 1.03 bits per heavy atom. The van der Waals surface area contributed by atoms with Crippen LogP contribution in [0.4, 0.5) is 5.69 Å². The van der Waals surface area contributed by atoms with Crippen LogP contribution in [-0.2, 0) is 26.0 Å². The molecule has 0 saturated heterocycles. The maximum absolute atomic E-state index is 13.7. The molecule has 0 radical (unpaired) electrons. The molecule has 1 aliphatic heterocycles. The summed E-state index contributed by atoms with van der Waals surface area (Å²) in [6.07, 6.45) is 2.30. The Morgan fingerprint density at radius 2 is 1.73 bits per heavy atom. The number of fused-ring (bicyclic) bond motifs is 1. The van der Waals surface area contributed by atoms with Gasteiger partial charge in [0.15, 0.2) is 11.5 Å². The molecule has 202 valence electrons. The molecule has 0 spiro atoms. The van der Waals surface area contributed by atoms with E-state index in [4.69, 9.17) is 9.47 Å². The monoisotopic (exact) mass is 531 g/mol. The van der Waals surface area contributed by atoms with Gasteiger partial charge in [0.2, 0.25) is 21.8 Å². The third-order valence-electron chi connectivity index (χ3n) is 6.27. The maximum atomic E-state index is 13.7. The van der Waals surface area contributed by atoms with Gasteiger partial charge < -0.3 is 19.7 Å². The molecular formula is C27H37N3O6S. The van der Waals surface area contributed by atoms with Gasteiger partial charge in [-0.15, -0.1) is 0 Å². The average Bonchev–Trinajstić information content (AvgIpc) is 2.92. The van der Waals surface area contributed by atoms with E-state index in [0.29, 0.717) is 43.4 Å². The number of unbranched alkanes of at least 4 members (excludes halogenated alkanes) is 1. The van der Waals surface area contributed by atoms with E-state index in [1.807, 2.05) is 37.3 Å². The summed E-state index contributed by atoms with van der Waals surface area (Å²) >= 11 is 0. The lowest BCUT2D eigenvalue weighted by Gasteiger charge is -2.32. The molecule has 0 fully saturated rings. The third-order valence-corrected chi connectivity index (χ3v) is 8.02. The van der Waals surface area contributed by atoms with E-state index in [0.717, 1.165) is 22.7 Å². The number of ether oxygens (including phenoxy) is 2. The zero-order valence-corrected chi connectivity index (χ0v) is 22.6. The van der Waals surface area contributed by atoms with Crippen molar-refractivity contribution in [1.82, 2.24) is 10.2 Å². The summed E-state index contributed by atoms with van der Waals surface area (Å²) in [7, 11) is -3.81. The van der Waals surface area contributed by atoms with E-state index in [-0.39, 0.29) is 18.2 Å². The number of hydrogen-bond donors (Lipinski definition) is 1. The van der Waals surface area contributed by atoms with Crippen LogP contribution >= 0.6 is 0 Å². The molecule has 0 saturated carbocycles. The molecule has 1 aliphatic rings. The van der Waals surface area contributed by atoms with Crippen LogP contribution in [-0.4, -0.2) is 69.8 Å². The van der Waals surface area contributed by atoms with E-state index in [9.17, 15) is 18.0 Å². The van der Waals surface area contributed by atoms with Crippen LogP contribution in [0, 0.1) is 0 Å². The standard InChI is InChI=1S/C27H37N3O6S/c1-4-6-15-28-27(32)21(3)29(16-14-22-10-8-7-9-11-22)26(31)20-30(37(33,34)5-2)23-12-13-24-25(19-23)36-18-17-35-24/h7-13,19,21H,4-6,14-18,20H2,1-3H3,(H,28,32). The Morgan fingerprint density at radius 3 is 2.41 bits per heavy atom.